The van der Waals surface area contributed by atoms with Gasteiger partial charge >= 0.3 is 0 Å². The number of anilines is 1. The Labute approximate surface area is 149 Å². The summed E-state index contributed by atoms with van der Waals surface area (Å²) in [5.74, 6) is 0.761. The molecule has 1 amide bonds. The van der Waals surface area contributed by atoms with E-state index in [1.54, 1.807) is 6.20 Å². The summed E-state index contributed by atoms with van der Waals surface area (Å²) in [5.41, 5.74) is 2.39. The third kappa shape index (κ3) is 4.90. The molecule has 0 saturated carbocycles. The number of carbonyl (C=O) groups is 1. The highest BCUT2D eigenvalue weighted by atomic mass is 16.2. The van der Waals surface area contributed by atoms with E-state index in [9.17, 15) is 4.79 Å². The van der Waals surface area contributed by atoms with Crippen LogP contribution in [0.2, 0.25) is 0 Å². The quantitative estimate of drug-likeness (QED) is 0.842. The molecule has 1 unspecified atom stereocenters. The summed E-state index contributed by atoms with van der Waals surface area (Å²) in [6.45, 7) is 5.05. The van der Waals surface area contributed by atoms with E-state index in [1.165, 1.54) is 17.5 Å². The largest absolute Gasteiger partial charge is 0.316 e. The Morgan fingerprint density at radius 2 is 2.24 bits per heavy atom. The van der Waals surface area contributed by atoms with Crippen molar-refractivity contribution in [1.29, 1.82) is 0 Å². The van der Waals surface area contributed by atoms with Crippen molar-refractivity contribution >= 4 is 11.7 Å². The third-order valence-corrected chi connectivity index (χ3v) is 4.68. The van der Waals surface area contributed by atoms with E-state index in [-0.39, 0.29) is 5.91 Å². The van der Waals surface area contributed by atoms with Crippen molar-refractivity contribution in [3.05, 3.63) is 47.7 Å². The fraction of sp³-hybridized carbons (Fsp3) is 0.474. The molecule has 0 aliphatic carbocycles. The lowest BCUT2D eigenvalue weighted by Crippen LogP contribution is -2.47. The zero-order valence-electron chi connectivity index (χ0n) is 15.0. The van der Waals surface area contributed by atoms with E-state index in [2.05, 4.69) is 45.8 Å². The summed E-state index contributed by atoms with van der Waals surface area (Å²) >= 11 is 0. The molecule has 1 aromatic carbocycles. The van der Waals surface area contributed by atoms with Crippen molar-refractivity contribution in [2.75, 3.05) is 32.0 Å². The lowest BCUT2D eigenvalue weighted by Gasteiger charge is -2.31. The van der Waals surface area contributed by atoms with Gasteiger partial charge in [0, 0.05) is 18.7 Å². The Morgan fingerprint density at radius 1 is 1.36 bits per heavy atom. The van der Waals surface area contributed by atoms with Crippen molar-refractivity contribution in [2.24, 2.45) is 0 Å². The summed E-state index contributed by atoms with van der Waals surface area (Å²) in [6.07, 6.45) is 4.03. The first-order chi connectivity index (χ1) is 12.1. The number of piperidine rings is 1. The number of likely N-dealkylation sites (tertiary alicyclic amines) is 1. The second-order valence-electron chi connectivity index (χ2n) is 6.77. The number of nitrogens with zero attached hydrogens (tertiary/aromatic N) is 3. The standard InChI is InChI=1S/C19H27N5O/c1-15-5-3-6-16(11-15)12-24-18(8-9-21-24)22-19(25)14-23-10-4-7-17(13-23)20-2/h3,5-6,8-9,11,17,20H,4,7,10,12-14H2,1-2H3,(H,22,25). The average molecular weight is 341 g/mol. The molecule has 2 heterocycles. The lowest BCUT2D eigenvalue weighted by atomic mass is 10.1. The monoisotopic (exact) mass is 341 g/mol. The molecule has 2 aromatic rings. The van der Waals surface area contributed by atoms with Gasteiger partial charge in [-0.05, 0) is 38.9 Å². The van der Waals surface area contributed by atoms with E-state index in [4.69, 9.17) is 0 Å². The highest BCUT2D eigenvalue weighted by Gasteiger charge is 2.20. The van der Waals surface area contributed by atoms with E-state index in [1.807, 2.05) is 23.9 Å². The Kier molecular flexibility index (Phi) is 5.83. The number of hydrogen-bond acceptors (Lipinski definition) is 4. The Hall–Kier alpha value is -2.18. The number of nitrogens with one attached hydrogen (secondary N) is 2. The molecule has 25 heavy (non-hydrogen) atoms. The van der Waals surface area contributed by atoms with Crippen molar-refractivity contribution in [3.63, 3.8) is 0 Å². The van der Waals surface area contributed by atoms with Crippen LogP contribution in [0.4, 0.5) is 5.82 Å². The first-order valence-electron chi connectivity index (χ1n) is 8.91. The fourth-order valence-electron chi connectivity index (χ4n) is 3.37. The normalized spacial score (nSPS) is 18.2. The summed E-state index contributed by atoms with van der Waals surface area (Å²) in [6, 6.07) is 10.7. The summed E-state index contributed by atoms with van der Waals surface area (Å²) in [7, 11) is 1.98. The maximum Gasteiger partial charge on any atom is 0.239 e. The first kappa shape index (κ1) is 17.6. The van der Waals surface area contributed by atoms with Crippen LogP contribution in [0.1, 0.15) is 24.0 Å². The van der Waals surface area contributed by atoms with Crippen LogP contribution in [-0.4, -0.2) is 53.3 Å². The molecule has 1 fully saturated rings. The molecule has 2 N–H and O–H groups in total. The maximum atomic E-state index is 12.4. The molecule has 1 aliphatic rings. The number of carbonyl (C=O) groups excluding carboxylic acids is 1. The van der Waals surface area contributed by atoms with E-state index in [0.29, 0.717) is 19.1 Å². The molecule has 0 spiro atoms. The van der Waals surface area contributed by atoms with Crippen LogP contribution < -0.4 is 10.6 Å². The molecular formula is C19H27N5O. The number of amides is 1. The first-order valence-corrected chi connectivity index (χ1v) is 8.91. The third-order valence-electron chi connectivity index (χ3n) is 4.68. The van der Waals surface area contributed by atoms with Crippen LogP contribution in [0.3, 0.4) is 0 Å². The molecule has 1 atom stereocenters. The van der Waals surface area contributed by atoms with Gasteiger partial charge in [0.2, 0.25) is 5.91 Å². The van der Waals surface area contributed by atoms with Crippen molar-refractivity contribution in [1.82, 2.24) is 20.0 Å². The van der Waals surface area contributed by atoms with Gasteiger partial charge in [0.25, 0.3) is 0 Å². The number of aromatic nitrogens is 2. The summed E-state index contributed by atoms with van der Waals surface area (Å²) in [5, 5.41) is 10.7. The smallest absolute Gasteiger partial charge is 0.239 e. The number of benzene rings is 1. The predicted molar refractivity (Wildman–Crippen MR) is 99.7 cm³/mol. The molecule has 134 valence electrons. The average Bonchev–Trinajstić information content (AvgIpc) is 3.01. The van der Waals surface area contributed by atoms with Crippen LogP contribution in [0.15, 0.2) is 36.5 Å². The van der Waals surface area contributed by atoms with Gasteiger partial charge in [-0.2, -0.15) is 5.10 Å². The van der Waals surface area contributed by atoms with Crippen LogP contribution in [-0.2, 0) is 11.3 Å². The second-order valence-corrected chi connectivity index (χ2v) is 6.77. The van der Waals surface area contributed by atoms with Crippen molar-refractivity contribution in [2.45, 2.75) is 32.4 Å². The minimum atomic E-state index is 0.0164. The van der Waals surface area contributed by atoms with Crippen molar-refractivity contribution in [3.8, 4) is 0 Å². The van der Waals surface area contributed by atoms with Gasteiger partial charge in [-0.1, -0.05) is 29.8 Å². The summed E-state index contributed by atoms with van der Waals surface area (Å²) in [4.78, 5) is 14.6. The molecular weight excluding hydrogens is 314 g/mol. The van der Waals surface area contributed by atoms with Crippen LogP contribution in [0.25, 0.3) is 0 Å². The molecule has 1 aromatic heterocycles. The molecule has 6 heteroatoms. The fourth-order valence-corrected chi connectivity index (χ4v) is 3.37. The van der Waals surface area contributed by atoms with Gasteiger partial charge in [0.1, 0.15) is 5.82 Å². The van der Waals surface area contributed by atoms with E-state index < -0.39 is 0 Å². The maximum absolute atomic E-state index is 12.4. The highest BCUT2D eigenvalue weighted by molar-refractivity contribution is 5.91. The zero-order valence-corrected chi connectivity index (χ0v) is 15.0. The topological polar surface area (TPSA) is 62.2 Å². The van der Waals surface area contributed by atoms with Gasteiger partial charge in [-0.15, -0.1) is 0 Å². The van der Waals surface area contributed by atoms with Gasteiger partial charge in [-0.3, -0.25) is 9.69 Å². The van der Waals surface area contributed by atoms with Crippen LogP contribution in [0.5, 0.6) is 0 Å². The van der Waals surface area contributed by atoms with Gasteiger partial charge in [0.05, 0.1) is 19.3 Å². The SMILES string of the molecule is CNC1CCCN(CC(=O)Nc2ccnn2Cc2cccc(C)c2)C1. The minimum absolute atomic E-state index is 0.0164. The highest BCUT2D eigenvalue weighted by Crippen LogP contribution is 2.13. The van der Waals surface area contributed by atoms with E-state index in [0.717, 1.165) is 25.3 Å². The lowest BCUT2D eigenvalue weighted by molar-refractivity contribution is -0.117. The predicted octanol–water partition coefficient (Wildman–Crippen LogP) is 1.86. The van der Waals surface area contributed by atoms with E-state index >= 15 is 0 Å². The Balaban J connectivity index is 1.58. The Morgan fingerprint density at radius 3 is 3.04 bits per heavy atom. The van der Waals surface area contributed by atoms with Gasteiger partial charge in [0.15, 0.2) is 0 Å². The number of aryl methyl sites for hydroxylation is 1. The molecule has 6 nitrogen and oxygen atoms in total. The van der Waals surface area contributed by atoms with Crippen molar-refractivity contribution < 1.29 is 4.79 Å². The van der Waals surface area contributed by atoms with Crippen LogP contribution >= 0.6 is 0 Å². The second kappa shape index (κ2) is 8.27. The van der Waals surface area contributed by atoms with Gasteiger partial charge < -0.3 is 10.6 Å². The Bertz CT molecular complexity index is 711. The molecule has 0 bridgehead atoms. The number of hydrogen-bond donors (Lipinski definition) is 2. The molecule has 1 aliphatic heterocycles. The van der Waals surface area contributed by atoms with Crippen LogP contribution in [0, 0.1) is 6.92 Å². The van der Waals surface area contributed by atoms with Gasteiger partial charge in [-0.25, -0.2) is 4.68 Å². The minimum Gasteiger partial charge on any atom is -0.316 e. The molecule has 0 radical (unpaired) electrons. The number of rotatable bonds is 6. The zero-order chi connectivity index (χ0) is 17.6. The molecule has 3 rings (SSSR count). The number of likely N-dealkylation sites (N-methyl/N-ethyl adjacent to an activating group) is 1. The molecule has 1 saturated heterocycles. The summed E-state index contributed by atoms with van der Waals surface area (Å²) < 4.78 is 1.83.